The largest absolute Gasteiger partial charge is 0.416 e. The first-order chi connectivity index (χ1) is 57.5. The van der Waals surface area contributed by atoms with Crippen LogP contribution >= 0.6 is 23.5 Å². The number of hydrogen-bond acceptors (Lipinski definition) is 10. The molecule has 0 radical (unpaired) electrons. The van der Waals surface area contributed by atoms with Crippen LogP contribution in [0.3, 0.4) is 0 Å². The smallest absolute Gasteiger partial charge is 0.336 e. The summed E-state index contributed by atoms with van der Waals surface area (Å²) in [5, 5.41) is -0.990. The van der Waals surface area contributed by atoms with Crippen molar-refractivity contribution in [3.05, 3.63) is 234 Å². The molecular formula is C74H80F8N8O4S2. The number of carbonyl (C=O) groups excluding carboxylic acids is 2. The topological polar surface area (TPSA) is 117 Å². The number of aromatic nitrogens is 4. The minimum absolute atomic E-state index is 0.0135. The maximum atomic E-state index is 15.3. The summed E-state index contributed by atoms with van der Waals surface area (Å²) in [6, 6.07) is -2.78. The molecule has 8 aromatic rings. The number of halogens is 8. The average Bonchev–Trinajstić information content (AvgIpc) is 1.52. The van der Waals surface area contributed by atoms with Gasteiger partial charge in [0, 0.05) is 84.4 Å². The van der Waals surface area contributed by atoms with E-state index in [-0.39, 0.29) is 40.1 Å². The van der Waals surface area contributed by atoms with Gasteiger partial charge in [-0.1, -0.05) is 155 Å². The van der Waals surface area contributed by atoms with Gasteiger partial charge < -0.3 is 28.7 Å². The third-order valence-corrected chi connectivity index (χ3v) is 16.6. The second-order valence-electron chi connectivity index (χ2n) is 20.9. The standard InChI is InChI=1S/2C37H40F4N4O2S/c1-4-43(5-2)18-19-44(22-26-6-10-28(11-7-26)29-12-14-30(15-13-29)37(39,40)41)34(46)23-45-33-21-25(3)20-32(33)35(47)42-36(45)48-24-27-8-16-31(38)17-9-27;1-4-43(5-2)21-22-44(25(3)27-11-13-28(14-12-27)29-15-17-30(18-16-29)37(39,40)41)34(46)23-45-33-8-6-7-32(33)35(47)42-36(45)48-24-26-9-19-31(38)20-10-26/h6-17,25H,4-5,18-24H2,1-3H3;9-20,25H,4-8,21-24H2,1-3H3/i4D2,5D2,6D,7D,8D,9D,10D,11D,12D,13D,14D,15D,16D,17D,18D2,19D2,20D2,21D2,22D2,25D;24D2,25D. The summed E-state index contributed by atoms with van der Waals surface area (Å²) in [6.45, 7) is -13.0. The quantitative estimate of drug-likeness (QED) is 0.0295. The normalized spacial score (nSPS) is 21.5. The van der Waals surface area contributed by atoms with Crippen molar-refractivity contribution in [2.45, 2.75) is 133 Å². The molecule has 6 aromatic carbocycles. The molecule has 0 spiro atoms. The van der Waals surface area contributed by atoms with Gasteiger partial charge in [0.2, 0.25) is 11.8 Å². The molecule has 2 aliphatic carbocycles. The molecular weight excluding hydrogens is 1280 g/mol. The number of amides is 2. The van der Waals surface area contributed by atoms with E-state index in [2.05, 4.69) is 14.9 Å². The van der Waals surface area contributed by atoms with Gasteiger partial charge in [0.25, 0.3) is 11.1 Å². The van der Waals surface area contributed by atoms with Crippen LogP contribution in [-0.2, 0) is 78.6 Å². The maximum Gasteiger partial charge on any atom is 0.416 e. The Bertz CT molecular complexity index is 5600. The second-order valence-corrected chi connectivity index (χ2v) is 22.6. The van der Waals surface area contributed by atoms with Crippen molar-refractivity contribution >= 4 is 35.3 Å². The SMILES string of the molecule is [2H]C([2H])(Sc1nc(=O)c2c(n1CC(=O)N(CCN(CC)CC)C([2H])(C)c1ccc(-c3ccc(C(F)(F)F)cc3)cc1)CCC2)c1ccc(F)cc1.[2H]c1c([2H])c(CSc2nc(=O)c3c(n2CC(=O)N(C([2H])([2H])c2c([2H])c([2H])c(-c4c([2H])c([2H])c(C(F)(F)F)c([2H])c4[2H])c([2H])c2[2H])C([2H])([2H])C([2H])([2H])N(C([2H])([2H])C)C([2H])([2H])C)C([2H])([2H])C([2H])(C)C3([2H])[2H])c([2H])c([2H])c1F. The fraction of sp³-hybridized carbons (Fsp3) is 0.378. The van der Waals surface area contributed by atoms with Crippen LogP contribution < -0.4 is 11.1 Å². The first-order valence-corrected chi connectivity index (χ1v) is 31.2. The summed E-state index contributed by atoms with van der Waals surface area (Å²) in [7, 11) is 0. The van der Waals surface area contributed by atoms with Crippen LogP contribution in [0.1, 0.15) is 151 Å². The van der Waals surface area contributed by atoms with Crippen LogP contribution in [0.5, 0.6) is 0 Å². The highest BCUT2D eigenvalue weighted by molar-refractivity contribution is 7.98. The van der Waals surface area contributed by atoms with Gasteiger partial charge in [-0.15, -0.1) is 0 Å². The maximum absolute atomic E-state index is 15.3. The van der Waals surface area contributed by atoms with Crippen molar-refractivity contribution in [1.29, 1.82) is 0 Å². The molecule has 0 bridgehead atoms. The number of alkyl halides is 6. The van der Waals surface area contributed by atoms with E-state index in [0.717, 1.165) is 37.4 Å². The molecule has 10 rings (SSSR count). The van der Waals surface area contributed by atoms with E-state index < -0.39 is 254 Å². The molecule has 0 aliphatic heterocycles. The molecule has 0 saturated heterocycles. The average molecular weight is 1390 g/mol. The van der Waals surface area contributed by atoms with E-state index in [0.29, 0.717) is 86.3 Å². The zero-order chi connectivity index (χ0) is 95.5. The van der Waals surface area contributed by atoms with Crippen molar-refractivity contribution in [3.8, 4) is 22.3 Å². The minimum Gasteiger partial charge on any atom is -0.336 e. The second kappa shape index (κ2) is 32.9. The van der Waals surface area contributed by atoms with Gasteiger partial charge in [0.15, 0.2) is 10.3 Å². The molecule has 2 heterocycles. The van der Waals surface area contributed by atoms with E-state index in [1.165, 1.54) is 29.2 Å². The van der Waals surface area contributed by atoms with Gasteiger partial charge in [-0.25, -0.2) is 8.78 Å². The van der Waals surface area contributed by atoms with Gasteiger partial charge in [-0.2, -0.15) is 36.3 Å². The molecule has 22 heteroatoms. The lowest BCUT2D eigenvalue weighted by Gasteiger charge is -2.33. The summed E-state index contributed by atoms with van der Waals surface area (Å²) in [4.78, 5) is 66.8. The Morgan fingerprint density at radius 1 is 0.625 bits per heavy atom. The minimum atomic E-state index is -5.52. The van der Waals surface area contributed by atoms with Gasteiger partial charge in [-0.05, 0) is 164 Å². The lowest BCUT2D eigenvalue weighted by molar-refractivity contribution is -0.138. The van der Waals surface area contributed by atoms with Crippen molar-refractivity contribution in [2.24, 2.45) is 5.89 Å². The van der Waals surface area contributed by atoms with Crippen LogP contribution in [0.2, 0.25) is 0 Å². The Kier molecular flexibility index (Phi) is 14.4. The van der Waals surface area contributed by atoms with Gasteiger partial charge >= 0.3 is 12.4 Å². The molecule has 0 saturated carbocycles. The number of likely N-dealkylation sites (N-methyl/N-ethyl adjacent to an activating group) is 2. The highest BCUT2D eigenvalue weighted by Gasteiger charge is 2.33. The van der Waals surface area contributed by atoms with Crippen molar-refractivity contribution in [2.75, 3.05) is 52.2 Å². The number of carbonyl (C=O) groups is 2. The first kappa shape index (κ1) is 42.0. The number of hydrogen-bond donors (Lipinski definition) is 0. The molecule has 2 aliphatic rings. The fourth-order valence-electron chi connectivity index (χ4n) is 9.67. The molecule has 0 N–H and O–H groups in total. The molecule has 508 valence electrons. The third kappa shape index (κ3) is 18.8. The van der Waals surface area contributed by atoms with Crippen LogP contribution in [-0.4, -0.2) is 103 Å². The van der Waals surface area contributed by atoms with E-state index in [1.54, 1.807) is 35.8 Å². The first-order valence-electron chi connectivity index (χ1n) is 44.4. The predicted molar refractivity (Wildman–Crippen MR) is 362 cm³/mol. The third-order valence-electron chi connectivity index (χ3n) is 14.7. The molecule has 0 fully saturated rings. The predicted octanol–water partition coefficient (Wildman–Crippen LogP) is 15.2. The van der Waals surface area contributed by atoms with Crippen molar-refractivity contribution in [3.63, 3.8) is 0 Å². The Balaban J connectivity index is 0.000000306. The number of nitrogens with zero attached hydrogens (tertiary/aromatic N) is 8. The van der Waals surface area contributed by atoms with Gasteiger partial charge in [0.1, 0.15) is 24.7 Å². The van der Waals surface area contributed by atoms with Crippen LogP contribution in [0.25, 0.3) is 22.3 Å². The number of thioether (sulfide) groups is 2. The van der Waals surface area contributed by atoms with Gasteiger partial charge in [-0.3, -0.25) is 19.2 Å². The lowest BCUT2D eigenvalue weighted by Crippen LogP contribution is -2.42. The monoisotopic (exact) mass is 1390 g/mol. The summed E-state index contributed by atoms with van der Waals surface area (Å²) in [5.41, 5.74) is -11.7. The summed E-state index contributed by atoms with van der Waals surface area (Å²) in [6.07, 6.45) is -15.2. The van der Waals surface area contributed by atoms with E-state index in [1.807, 2.05) is 13.8 Å². The van der Waals surface area contributed by atoms with Crippen molar-refractivity contribution in [1.82, 2.24) is 38.7 Å². The summed E-state index contributed by atoms with van der Waals surface area (Å²) >= 11 is 0.804. The molecule has 2 unspecified atom stereocenters. The highest BCUT2D eigenvalue weighted by atomic mass is 32.2. The Morgan fingerprint density at radius 3 is 1.77 bits per heavy atom. The highest BCUT2D eigenvalue weighted by Crippen LogP contribution is 2.35. The summed E-state index contributed by atoms with van der Waals surface area (Å²) in [5.74, 6) is -8.80. The number of rotatable bonds is 26. The summed E-state index contributed by atoms with van der Waals surface area (Å²) < 4.78 is 371. The zero-order valence-corrected chi connectivity index (χ0v) is 53.7. The lowest BCUT2D eigenvalue weighted by atomic mass is 9.99. The Morgan fingerprint density at radius 2 is 1.18 bits per heavy atom. The van der Waals surface area contributed by atoms with E-state index in [4.69, 9.17) is 34.3 Å². The molecule has 2 aromatic heterocycles. The van der Waals surface area contributed by atoms with Crippen LogP contribution in [0, 0.1) is 17.5 Å². The molecule has 12 nitrogen and oxygen atoms in total. The number of fused-ring (bicyclic) bond motifs is 2. The van der Waals surface area contributed by atoms with Gasteiger partial charge in [0.05, 0.1) is 40.4 Å². The van der Waals surface area contributed by atoms with E-state index in [9.17, 15) is 56.4 Å². The molecule has 2 atom stereocenters. The molecule has 2 amide bonds. The van der Waals surface area contributed by atoms with Crippen LogP contribution in [0.4, 0.5) is 35.1 Å². The van der Waals surface area contributed by atoms with Crippen LogP contribution in [0.15, 0.2) is 165 Å². The number of benzene rings is 6. The van der Waals surface area contributed by atoms with Crippen molar-refractivity contribution < 1.29 is 85.8 Å². The molecule has 96 heavy (non-hydrogen) atoms. The fourth-order valence-corrected chi connectivity index (χ4v) is 11.3. The van der Waals surface area contributed by atoms with E-state index >= 15 is 4.79 Å². The zero-order valence-electron chi connectivity index (χ0n) is 82.1. The Labute approximate surface area is 605 Å². The Hall–Kier alpha value is -7.92.